The van der Waals surface area contributed by atoms with Gasteiger partial charge in [-0.3, -0.25) is 4.79 Å². The third-order valence-corrected chi connectivity index (χ3v) is 4.77. The molecular weight excluding hydrogens is 365 g/mol. The van der Waals surface area contributed by atoms with Gasteiger partial charge in [0.1, 0.15) is 0 Å². The number of hydrogen-bond acceptors (Lipinski definition) is 3. The summed E-state index contributed by atoms with van der Waals surface area (Å²) < 4.78 is 14.6. The van der Waals surface area contributed by atoms with Crippen molar-refractivity contribution < 1.29 is 9.18 Å². The van der Waals surface area contributed by atoms with Crippen LogP contribution in [-0.4, -0.2) is 5.91 Å². The standard InChI is InChI=1S/C24H26FN3O/c1-17-10-12-19(13-11-17)16-27-20-14-15-21(24(26)23(20)25)28-22(29)9-5-8-18-6-3-2-4-7-18/h2-4,6-7,10-15,27H,5,8-9,16,26H2,1H3,(H,28,29). The predicted molar refractivity (Wildman–Crippen MR) is 117 cm³/mol. The molecule has 0 aliphatic heterocycles. The van der Waals surface area contributed by atoms with Crippen molar-refractivity contribution in [1.82, 2.24) is 0 Å². The highest BCUT2D eigenvalue weighted by Gasteiger charge is 2.13. The van der Waals surface area contributed by atoms with Gasteiger partial charge in [0, 0.05) is 13.0 Å². The van der Waals surface area contributed by atoms with Gasteiger partial charge in [-0.25, -0.2) is 4.39 Å². The third-order valence-electron chi connectivity index (χ3n) is 4.77. The lowest BCUT2D eigenvalue weighted by atomic mass is 10.1. The summed E-state index contributed by atoms with van der Waals surface area (Å²) in [6.45, 7) is 2.51. The Morgan fingerprint density at radius 1 is 0.931 bits per heavy atom. The molecule has 0 saturated carbocycles. The van der Waals surface area contributed by atoms with Crippen molar-refractivity contribution >= 4 is 23.0 Å². The first kappa shape index (κ1) is 20.4. The summed E-state index contributed by atoms with van der Waals surface area (Å²) in [6, 6.07) is 21.2. The molecule has 0 unspecified atom stereocenters. The lowest BCUT2D eigenvalue weighted by Crippen LogP contribution is -2.14. The number of anilines is 3. The number of nitrogens with one attached hydrogen (secondary N) is 2. The minimum Gasteiger partial charge on any atom is -0.395 e. The smallest absolute Gasteiger partial charge is 0.224 e. The number of benzene rings is 3. The molecule has 29 heavy (non-hydrogen) atoms. The van der Waals surface area contributed by atoms with Gasteiger partial charge in [0.2, 0.25) is 5.91 Å². The summed E-state index contributed by atoms with van der Waals surface area (Å²) in [5.41, 5.74) is 9.87. The van der Waals surface area contributed by atoms with Crippen molar-refractivity contribution in [3.8, 4) is 0 Å². The van der Waals surface area contributed by atoms with Gasteiger partial charge in [0.25, 0.3) is 0 Å². The molecule has 0 heterocycles. The van der Waals surface area contributed by atoms with Gasteiger partial charge in [-0.05, 0) is 43.0 Å². The zero-order valence-electron chi connectivity index (χ0n) is 16.5. The van der Waals surface area contributed by atoms with E-state index in [9.17, 15) is 9.18 Å². The van der Waals surface area contributed by atoms with Crippen LogP contribution >= 0.6 is 0 Å². The zero-order valence-corrected chi connectivity index (χ0v) is 16.5. The topological polar surface area (TPSA) is 67.1 Å². The van der Waals surface area contributed by atoms with Crippen LogP contribution in [0.3, 0.4) is 0 Å². The lowest BCUT2D eigenvalue weighted by molar-refractivity contribution is -0.116. The molecule has 0 saturated heterocycles. The molecule has 0 fully saturated rings. The average molecular weight is 391 g/mol. The average Bonchev–Trinajstić information content (AvgIpc) is 2.73. The van der Waals surface area contributed by atoms with Gasteiger partial charge in [-0.1, -0.05) is 60.2 Å². The first-order chi connectivity index (χ1) is 14.0. The Balaban J connectivity index is 1.54. The largest absolute Gasteiger partial charge is 0.395 e. The van der Waals surface area contributed by atoms with Crippen LogP contribution in [0.4, 0.5) is 21.5 Å². The highest BCUT2D eigenvalue weighted by atomic mass is 19.1. The van der Waals surface area contributed by atoms with E-state index in [0.717, 1.165) is 12.0 Å². The van der Waals surface area contributed by atoms with Crippen molar-refractivity contribution in [2.24, 2.45) is 0 Å². The van der Waals surface area contributed by atoms with Crippen LogP contribution in [0.1, 0.15) is 29.5 Å². The number of halogens is 1. The van der Waals surface area contributed by atoms with Crippen LogP contribution in [0, 0.1) is 12.7 Å². The predicted octanol–water partition coefficient (Wildman–Crippen LogP) is 5.29. The number of rotatable bonds is 8. The molecule has 4 N–H and O–H groups in total. The van der Waals surface area contributed by atoms with Crippen LogP contribution in [0.15, 0.2) is 66.7 Å². The lowest BCUT2D eigenvalue weighted by Gasteiger charge is -2.13. The van der Waals surface area contributed by atoms with Crippen molar-refractivity contribution in [2.75, 3.05) is 16.4 Å². The number of carbonyl (C=O) groups excluding carboxylic acids is 1. The number of amides is 1. The van der Waals surface area contributed by atoms with E-state index < -0.39 is 5.82 Å². The van der Waals surface area contributed by atoms with Crippen LogP contribution in [0.25, 0.3) is 0 Å². The Bertz CT molecular complexity index is 956. The van der Waals surface area contributed by atoms with Crippen LogP contribution < -0.4 is 16.4 Å². The van der Waals surface area contributed by atoms with Crippen LogP contribution in [-0.2, 0) is 17.8 Å². The highest BCUT2D eigenvalue weighted by Crippen LogP contribution is 2.28. The first-order valence-corrected chi connectivity index (χ1v) is 9.74. The number of hydrogen-bond donors (Lipinski definition) is 3. The van der Waals surface area contributed by atoms with E-state index in [4.69, 9.17) is 5.73 Å². The number of carbonyl (C=O) groups is 1. The summed E-state index contributed by atoms with van der Waals surface area (Å²) in [7, 11) is 0. The van der Waals surface area contributed by atoms with Crippen LogP contribution in [0.5, 0.6) is 0 Å². The van der Waals surface area contributed by atoms with Crippen molar-refractivity contribution in [3.05, 3.63) is 89.2 Å². The van der Waals surface area contributed by atoms with E-state index in [1.165, 1.54) is 11.1 Å². The minimum absolute atomic E-state index is 0.0599. The van der Waals surface area contributed by atoms with Gasteiger partial charge < -0.3 is 16.4 Å². The minimum atomic E-state index is -0.556. The quantitative estimate of drug-likeness (QED) is 0.457. The summed E-state index contributed by atoms with van der Waals surface area (Å²) in [4.78, 5) is 12.2. The second kappa shape index (κ2) is 9.73. The third kappa shape index (κ3) is 5.82. The molecule has 1 amide bonds. The Kier molecular flexibility index (Phi) is 6.85. The summed E-state index contributed by atoms with van der Waals surface area (Å²) in [5, 5.41) is 5.77. The first-order valence-electron chi connectivity index (χ1n) is 9.74. The molecule has 3 aromatic carbocycles. The molecule has 0 bridgehead atoms. The highest BCUT2D eigenvalue weighted by molar-refractivity contribution is 5.94. The maximum atomic E-state index is 14.6. The maximum Gasteiger partial charge on any atom is 0.224 e. The van der Waals surface area contributed by atoms with E-state index in [-0.39, 0.29) is 11.6 Å². The SMILES string of the molecule is Cc1ccc(CNc2ccc(NC(=O)CCCc3ccccc3)c(N)c2F)cc1. The maximum absolute atomic E-state index is 14.6. The van der Waals surface area contributed by atoms with Crippen molar-refractivity contribution in [1.29, 1.82) is 0 Å². The van der Waals surface area contributed by atoms with E-state index in [1.54, 1.807) is 12.1 Å². The van der Waals surface area contributed by atoms with Gasteiger partial charge in [0.15, 0.2) is 5.82 Å². The van der Waals surface area contributed by atoms with Gasteiger partial charge in [-0.2, -0.15) is 0 Å². The molecule has 3 aromatic rings. The van der Waals surface area contributed by atoms with Gasteiger partial charge in [-0.15, -0.1) is 0 Å². The fourth-order valence-corrected chi connectivity index (χ4v) is 3.05. The summed E-state index contributed by atoms with van der Waals surface area (Å²) >= 11 is 0. The summed E-state index contributed by atoms with van der Waals surface area (Å²) in [5.74, 6) is -0.730. The molecule has 0 spiro atoms. The van der Waals surface area contributed by atoms with Crippen molar-refractivity contribution in [2.45, 2.75) is 32.7 Å². The second-order valence-electron chi connectivity index (χ2n) is 7.11. The van der Waals surface area contributed by atoms with Gasteiger partial charge >= 0.3 is 0 Å². The summed E-state index contributed by atoms with van der Waals surface area (Å²) in [6.07, 6.45) is 1.89. The molecule has 5 heteroatoms. The Morgan fingerprint density at radius 2 is 1.62 bits per heavy atom. The number of aryl methyl sites for hydroxylation is 2. The molecule has 0 aliphatic rings. The van der Waals surface area contributed by atoms with Gasteiger partial charge in [0.05, 0.1) is 17.1 Å². The Hall–Kier alpha value is -3.34. The van der Waals surface area contributed by atoms with E-state index in [2.05, 4.69) is 10.6 Å². The molecule has 0 atom stereocenters. The second-order valence-corrected chi connectivity index (χ2v) is 7.11. The fourth-order valence-electron chi connectivity index (χ4n) is 3.05. The normalized spacial score (nSPS) is 10.6. The molecule has 4 nitrogen and oxygen atoms in total. The Morgan fingerprint density at radius 3 is 2.34 bits per heavy atom. The molecule has 0 aromatic heterocycles. The fraction of sp³-hybridized carbons (Fsp3) is 0.208. The Labute approximate surface area is 171 Å². The molecular formula is C24H26FN3O. The van der Waals surface area contributed by atoms with Crippen LogP contribution in [0.2, 0.25) is 0 Å². The number of nitrogens with two attached hydrogens (primary N) is 1. The molecule has 0 aliphatic carbocycles. The monoisotopic (exact) mass is 391 g/mol. The van der Waals surface area contributed by atoms with E-state index in [1.807, 2.05) is 61.5 Å². The van der Waals surface area contributed by atoms with E-state index in [0.29, 0.717) is 30.8 Å². The zero-order chi connectivity index (χ0) is 20.6. The van der Waals surface area contributed by atoms with E-state index >= 15 is 0 Å². The molecule has 0 radical (unpaired) electrons. The molecule has 3 rings (SSSR count). The van der Waals surface area contributed by atoms with Crippen molar-refractivity contribution in [3.63, 3.8) is 0 Å². The number of nitrogen functional groups attached to an aromatic ring is 1. The molecule has 150 valence electrons.